The summed E-state index contributed by atoms with van der Waals surface area (Å²) in [5.74, 6) is 0.857. The molecule has 0 atom stereocenters. The molecule has 3 aromatic rings. The van der Waals surface area contributed by atoms with E-state index in [9.17, 15) is 14.9 Å². The summed E-state index contributed by atoms with van der Waals surface area (Å²) in [5.41, 5.74) is 1.79. The number of hydrogen-bond acceptors (Lipinski definition) is 7. The third-order valence-electron chi connectivity index (χ3n) is 5.79. The van der Waals surface area contributed by atoms with E-state index in [0.29, 0.717) is 48.5 Å². The topological polar surface area (TPSA) is 92.5 Å². The van der Waals surface area contributed by atoms with Gasteiger partial charge in [0.25, 0.3) is 5.69 Å². The van der Waals surface area contributed by atoms with Crippen LogP contribution in [0.1, 0.15) is 30.9 Å². The van der Waals surface area contributed by atoms with Crippen molar-refractivity contribution in [3.63, 3.8) is 0 Å². The Labute approximate surface area is 208 Å². The van der Waals surface area contributed by atoms with Gasteiger partial charge in [-0.3, -0.25) is 14.9 Å². The van der Waals surface area contributed by atoms with Crippen LogP contribution >= 0.6 is 11.8 Å². The number of hydrogen-bond donors (Lipinski definition) is 0. The number of benzene rings is 2. The van der Waals surface area contributed by atoms with Crippen LogP contribution in [0.3, 0.4) is 0 Å². The van der Waals surface area contributed by atoms with Gasteiger partial charge in [0.1, 0.15) is 0 Å². The van der Waals surface area contributed by atoms with Gasteiger partial charge in [-0.25, -0.2) is 9.97 Å². The summed E-state index contributed by atoms with van der Waals surface area (Å²) in [6, 6.07) is 14.8. The number of rotatable bonds is 7. The van der Waals surface area contributed by atoms with Crippen molar-refractivity contribution in [2.75, 3.05) is 31.1 Å². The number of anilines is 1. The lowest BCUT2D eigenvalue weighted by Gasteiger charge is -2.34. The molecule has 0 aliphatic carbocycles. The molecule has 0 N–H and O–H groups in total. The lowest BCUT2D eigenvalue weighted by molar-refractivity contribution is -0.387. The Kier molecular flexibility index (Phi) is 7.77. The highest BCUT2D eigenvalue weighted by Crippen LogP contribution is 2.39. The van der Waals surface area contributed by atoms with E-state index in [-0.39, 0.29) is 16.5 Å². The van der Waals surface area contributed by atoms with Gasteiger partial charge in [-0.15, -0.1) is 0 Å². The van der Waals surface area contributed by atoms with Crippen LogP contribution < -0.4 is 4.90 Å². The van der Waals surface area contributed by atoms with Crippen LogP contribution in [-0.2, 0) is 4.79 Å². The largest absolute Gasteiger partial charge is 0.337 e. The first-order valence-corrected chi connectivity index (χ1v) is 12.3. The molecule has 2 aromatic carbocycles. The van der Waals surface area contributed by atoms with Crippen LogP contribution in [0.25, 0.3) is 6.08 Å². The van der Waals surface area contributed by atoms with E-state index in [1.165, 1.54) is 23.9 Å². The Morgan fingerprint density at radius 1 is 1.03 bits per heavy atom. The lowest BCUT2D eigenvalue weighted by Crippen LogP contribution is -2.48. The maximum Gasteiger partial charge on any atom is 0.283 e. The predicted octanol–water partition coefficient (Wildman–Crippen LogP) is 5.02. The Hall–Kier alpha value is -3.72. The lowest BCUT2D eigenvalue weighted by atomic mass is 10.0. The van der Waals surface area contributed by atoms with Crippen LogP contribution in [-0.4, -0.2) is 51.9 Å². The van der Waals surface area contributed by atoms with Crippen molar-refractivity contribution in [3.05, 3.63) is 88.2 Å². The fourth-order valence-electron chi connectivity index (χ4n) is 3.89. The van der Waals surface area contributed by atoms with Crippen molar-refractivity contribution in [2.24, 2.45) is 0 Å². The van der Waals surface area contributed by atoms with E-state index in [2.05, 4.69) is 23.8 Å². The molecular formula is C26H27N5O3S. The molecular weight excluding hydrogens is 462 g/mol. The first kappa shape index (κ1) is 24.4. The van der Waals surface area contributed by atoms with E-state index < -0.39 is 0 Å². The van der Waals surface area contributed by atoms with Gasteiger partial charge in [-0.2, -0.15) is 0 Å². The van der Waals surface area contributed by atoms with Crippen molar-refractivity contribution in [1.82, 2.24) is 14.9 Å². The minimum absolute atomic E-state index is 0.0274. The molecule has 35 heavy (non-hydrogen) atoms. The van der Waals surface area contributed by atoms with E-state index >= 15 is 0 Å². The minimum Gasteiger partial charge on any atom is -0.337 e. The van der Waals surface area contributed by atoms with E-state index in [1.807, 2.05) is 35.2 Å². The first-order valence-electron chi connectivity index (χ1n) is 11.5. The van der Waals surface area contributed by atoms with E-state index in [4.69, 9.17) is 0 Å². The number of carbonyl (C=O) groups excluding carboxylic acids is 1. The molecule has 0 saturated carbocycles. The number of amides is 1. The van der Waals surface area contributed by atoms with Crippen LogP contribution in [0.5, 0.6) is 0 Å². The Bertz CT molecular complexity index is 1220. The van der Waals surface area contributed by atoms with Gasteiger partial charge in [0, 0.05) is 55.6 Å². The van der Waals surface area contributed by atoms with E-state index in [0.717, 1.165) is 10.5 Å². The number of nitro groups is 1. The number of carbonyl (C=O) groups is 1. The third-order valence-corrected chi connectivity index (χ3v) is 6.94. The van der Waals surface area contributed by atoms with Gasteiger partial charge in [0.05, 0.1) is 9.82 Å². The van der Waals surface area contributed by atoms with Crippen molar-refractivity contribution >= 4 is 35.4 Å². The molecule has 0 unspecified atom stereocenters. The molecule has 2 heterocycles. The number of aromatic nitrogens is 2. The second-order valence-electron chi connectivity index (χ2n) is 8.47. The first-order chi connectivity index (χ1) is 16.9. The van der Waals surface area contributed by atoms with Gasteiger partial charge >= 0.3 is 0 Å². The Balaban J connectivity index is 1.43. The standard InChI is InChI=1S/C26H27N5O3S/c1-19(2)21-6-3-4-7-23(21)35-24-10-8-20(18-22(24)31(33)34)9-11-25(32)29-14-16-30(17-15-29)26-27-12-5-13-28-26/h3-13,18-19H,14-17H2,1-2H3. The maximum absolute atomic E-state index is 12.7. The monoisotopic (exact) mass is 489 g/mol. The van der Waals surface area contributed by atoms with E-state index in [1.54, 1.807) is 35.5 Å². The van der Waals surface area contributed by atoms with Gasteiger partial charge in [0.15, 0.2) is 0 Å². The van der Waals surface area contributed by atoms with Crippen molar-refractivity contribution in [3.8, 4) is 0 Å². The van der Waals surface area contributed by atoms with Crippen LogP contribution in [0.4, 0.5) is 11.6 Å². The zero-order valence-corrected chi connectivity index (χ0v) is 20.5. The zero-order chi connectivity index (χ0) is 24.8. The molecule has 1 saturated heterocycles. The van der Waals surface area contributed by atoms with Crippen molar-refractivity contribution in [1.29, 1.82) is 0 Å². The SMILES string of the molecule is CC(C)c1ccccc1Sc1ccc(C=CC(=O)N2CCN(c3ncccn3)CC2)cc1[N+](=O)[O-]. The maximum atomic E-state index is 12.7. The normalized spacial score (nSPS) is 14.0. The molecule has 1 aliphatic heterocycles. The summed E-state index contributed by atoms with van der Waals surface area (Å²) in [4.78, 5) is 38.0. The highest BCUT2D eigenvalue weighted by atomic mass is 32.2. The summed E-state index contributed by atoms with van der Waals surface area (Å²) < 4.78 is 0. The van der Waals surface area contributed by atoms with Gasteiger partial charge in [-0.1, -0.05) is 49.9 Å². The minimum atomic E-state index is -0.371. The van der Waals surface area contributed by atoms with Gasteiger partial charge in [-0.05, 0) is 41.3 Å². The second-order valence-corrected chi connectivity index (χ2v) is 9.56. The van der Waals surface area contributed by atoms with Gasteiger partial charge < -0.3 is 9.80 Å². The summed E-state index contributed by atoms with van der Waals surface area (Å²) in [5, 5.41) is 11.8. The molecule has 1 fully saturated rings. The highest BCUT2D eigenvalue weighted by Gasteiger charge is 2.21. The van der Waals surface area contributed by atoms with Crippen LogP contribution in [0.2, 0.25) is 0 Å². The molecule has 4 rings (SSSR count). The third kappa shape index (κ3) is 6.05. The van der Waals surface area contributed by atoms with Crippen molar-refractivity contribution < 1.29 is 9.72 Å². The molecule has 9 heteroatoms. The average molecular weight is 490 g/mol. The number of nitrogens with zero attached hydrogens (tertiary/aromatic N) is 5. The number of piperazine rings is 1. The molecule has 1 aliphatic rings. The Morgan fingerprint density at radius 2 is 1.74 bits per heavy atom. The van der Waals surface area contributed by atoms with Crippen LogP contribution in [0, 0.1) is 10.1 Å². The predicted molar refractivity (Wildman–Crippen MR) is 138 cm³/mol. The van der Waals surface area contributed by atoms with Gasteiger partial charge in [0.2, 0.25) is 11.9 Å². The molecule has 0 radical (unpaired) electrons. The second kappa shape index (κ2) is 11.1. The fourth-order valence-corrected chi connectivity index (χ4v) is 5.07. The van der Waals surface area contributed by atoms with Crippen LogP contribution in [0.15, 0.2) is 76.8 Å². The van der Waals surface area contributed by atoms with Crippen molar-refractivity contribution in [2.45, 2.75) is 29.6 Å². The molecule has 0 spiro atoms. The quantitative estimate of drug-likeness (QED) is 0.261. The summed E-state index contributed by atoms with van der Waals surface area (Å²) >= 11 is 1.40. The molecule has 1 aromatic heterocycles. The summed E-state index contributed by atoms with van der Waals surface area (Å²) in [7, 11) is 0. The smallest absolute Gasteiger partial charge is 0.283 e. The molecule has 1 amide bonds. The number of nitro benzene ring substituents is 1. The zero-order valence-electron chi connectivity index (χ0n) is 19.7. The Morgan fingerprint density at radius 3 is 2.43 bits per heavy atom. The molecule has 8 nitrogen and oxygen atoms in total. The molecule has 0 bridgehead atoms. The summed E-state index contributed by atoms with van der Waals surface area (Å²) in [6.45, 7) is 6.64. The summed E-state index contributed by atoms with van der Waals surface area (Å²) in [6.07, 6.45) is 6.52. The average Bonchev–Trinajstić information content (AvgIpc) is 2.88. The molecule has 180 valence electrons. The highest BCUT2D eigenvalue weighted by molar-refractivity contribution is 7.99. The fraction of sp³-hybridized carbons (Fsp3) is 0.269.